The van der Waals surface area contributed by atoms with Crippen LogP contribution >= 0.6 is 0 Å². The average Bonchev–Trinajstić information content (AvgIpc) is 2.59. The van der Waals surface area contributed by atoms with Crippen LogP contribution in [-0.2, 0) is 11.3 Å². The highest BCUT2D eigenvalue weighted by molar-refractivity contribution is 5.63. The Morgan fingerprint density at radius 3 is 2.18 bits per heavy atom. The molecule has 0 fully saturated rings. The van der Waals surface area contributed by atoms with E-state index in [0.29, 0.717) is 6.54 Å². The summed E-state index contributed by atoms with van der Waals surface area (Å²) in [6.07, 6.45) is 5.74. The summed E-state index contributed by atoms with van der Waals surface area (Å²) in [5, 5.41) is 0. The van der Waals surface area contributed by atoms with Crippen molar-refractivity contribution in [2.75, 3.05) is 6.54 Å². The summed E-state index contributed by atoms with van der Waals surface area (Å²) in [5.41, 5.74) is 3.62. The fourth-order valence-corrected chi connectivity index (χ4v) is 2.58. The highest BCUT2D eigenvalue weighted by atomic mass is 16.1. The molecule has 2 aromatic rings. The van der Waals surface area contributed by atoms with E-state index >= 15 is 0 Å². The lowest BCUT2D eigenvalue weighted by molar-refractivity contribution is -0.118. The zero-order valence-corrected chi connectivity index (χ0v) is 13.4. The van der Waals surface area contributed by atoms with Gasteiger partial charge in [-0.3, -0.25) is 4.79 Å². The number of carbonyl (C=O) groups is 1. The van der Waals surface area contributed by atoms with E-state index in [9.17, 15) is 4.79 Å². The highest BCUT2D eigenvalue weighted by Gasteiger charge is 2.04. The minimum absolute atomic E-state index is 0.699. The molecule has 1 amide bonds. The molecule has 0 saturated heterocycles. The summed E-state index contributed by atoms with van der Waals surface area (Å²) in [5.74, 6) is 0. The second-order valence-corrected chi connectivity index (χ2v) is 5.70. The van der Waals surface area contributed by atoms with Crippen LogP contribution in [0.25, 0.3) is 11.1 Å². The number of benzene rings is 2. The van der Waals surface area contributed by atoms with Crippen molar-refractivity contribution < 1.29 is 4.79 Å². The third kappa shape index (κ3) is 5.03. The van der Waals surface area contributed by atoms with E-state index in [1.54, 1.807) is 0 Å². The maximum Gasteiger partial charge on any atom is 0.210 e. The van der Waals surface area contributed by atoms with Crippen molar-refractivity contribution in [1.82, 2.24) is 4.90 Å². The van der Waals surface area contributed by atoms with E-state index in [0.717, 1.165) is 19.4 Å². The molecule has 2 rings (SSSR count). The first-order chi connectivity index (χ1) is 10.8. The van der Waals surface area contributed by atoms with Crippen LogP contribution in [0.15, 0.2) is 54.6 Å². The quantitative estimate of drug-likeness (QED) is 0.476. The second-order valence-electron chi connectivity index (χ2n) is 5.70. The molecule has 0 saturated carbocycles. The van der Waals surface area contributed by atoms with E-state index in [1.165, 1.54) is 36.0 Å². The predicted octanol–water partition coefficient (Wildman–Crippen LogP) is 4.89. The molecule has 0 N–H and O–H groups in total. The summed E-state index contributed by atoms with van der Waals surface area (Å²) >= 11 is 0. The van der Waals surface area contributed by atoms with Crippen molar-refractivity contribution in [3.63, 3.8) is 0 Å². The Hall–Kier alpha value is -2.09. The second kappa shape index (κ2) is 9.04. The third-order valence-electron chi connectivity index (χ3n) is 3.89. The maximum atomic E-state index is 11.2. The smallest absolute Gasteiger partial charge is 0.210 e. The first-order valence-electron chi connectivity index (χ1n) is 8.17. The van der Waals surface area contributed by atoms with Crippen molar-refractivity contribution in [3.8, 4) is 11.1 Å². The van der Waals surface area contributed by atoms with Crippen LogP contribution in [0.3, 0.4) is 0 Å². The number of nitrogens with zero attached hydrogens (tertiary/aromatic N) is 1. The lowest BCUT2D eigenvalue weighted by Crippen LogP contribution is -2.22. The molecule has 2 nitrogen and oxygen atoms in total. The van der Waals surface area contributed by atoms with Gasteiger partial charge in [-0.15, -0.1) is 0 Å². The molecule has 0 bridgehead atoms. The van der Waals surface area contributed by atoms with E-state index in [1.807, 2.05) is 23.1 Å². The van der Waals surface area contributed by atoms with E-state index in [-0.39, 0.29) is 0 Å². The summed E-state index contributed by atoms with van der Waals surface area (Å²) < 4.78 is 0. The van der Waals surface area contributed by atoms with Gasteiger partial charge in [-0.05, 0) is 23.1 Å². The molecule has 0 aliphatic rings. The van der Waals surface area contributed by atoms with Crippen LogP contribution in [0.1, 0.15) is 38.2 Å². The fraction of sp³-hybridized carbons (Fsp3) is 0.350. The van der Waals surface area contributed by atoms with Crippen LogP contribution in [0.5, 0.6) is 0 Å². The number of hydrogen-bond donors (Lipinski definition) is 0. The molecule has 22 heavy (non-hydrogen) atoms. The van der Waals surface area contributed by atoms with Gasteiger partial charge in [0, 0.05) is 13.1 Å². The van der Waals surface area contributed by atoms with Gasteiger partial charge in [0.25, 0.3) is 0 Å². The molecule has 116 valence electrons. The largest absolute Gasteiger partial charge is 0.341 e. The minimum atomic E-state index is 0.699. The van der Waals surface area contributed by atoms with Crippen LogP contribution in [0, 0.1) is 0 Å². The van der Waals surface area contributed by atoms with Crippen LogP contribution in [0.4, 0.5) is 0 Å². The highest BCUT2D eigenvalue weighted by Crippen LogP contribution is 2.19. The fourth-order valence-electron chi connectivity index (χ4n) is 2.58. The Balaban J connectivity index is 1.91. The van der Waals surface area contributed by atoms with E-state index in [2.05, 4.69) is 43.3 Å². The predicted molar refractivity (Wildman–Crippen MR) is 92.5 cm³/mol. The molecule has 0 heterocycles. The van der Waals surface area contributed by atoms with Gasteiger partial charge in [-0.1, -0.05) is 80.8 Å². The zero-order chi connectivity index (χ0) is 15.6. The first kappa shape index (κ1) is 16.3. The van der Waals surface area contributed by atoms with Gasteiger partial charge in [-0.25, -0.2) is 0 Å². The van der Waals surface area contributed by atoms with Crippen molar-refractivity contribution in [3.05, 3.63) is 60.2 Å². The van der Waals surface area contributed by atoms with E-state index < -0.39 is 0 Å². The number of unbranched alkanes of at least 4 members (excludes halogenated alkanes) is 3. The summed E-state index contributed by atoms with van der Waals surface area (Å²) in [4.78, 5) is 13.1. The van der Waals surface area contributed by atoms with Gasteiger partial charge in [0.15, 0.2) is 0 Å². The molecule has 0 atom stereocenters. The summed E-state index contributed by atoms with van der Waals surface area (Å²) in [6.45, 7) is 3.75. The molecule has 0 radical (unpaired) electrons. The van der Waals surface area contributed by atoms with Crippen molar-refractivity contribution in [2.45, 2.75) is 39.2 Å². The standard InChI is InChI=1S/C20H25NO/c1-2-3-4-8-15-21(17-22)16-18-11-13-20(14-12-18)19-9-6-5-7-10-19/h5-7,9-14,17H,2-4,8,15-16H2,1H3. The Morgan fingerprint density at radius 1 is 0.864 bits per heavy atom. The van der Waals surface area contributed by atoms with Crippen molar-refractivity contribution >= 4 is 6.41 Å². The molecule has 2 heteroatoms. The normalized spacial score (nSPS) is 10.4. The SMILES string of the molecule is CCCCCCN(C=O)Cc1ccc(-c2ccccc2)cc1. The van der Waals surface area contributed by atoms with Crippen LogP contribution < -0.4 is 0 Å². The van der Waals surface area contributed by atoms with Crippen molar-refractivity contribution in [1.29, 1.82) is 0 Å². The molecule has 0 spiro atoms. The van der Waals surface area contributed by atoms with Crippen LogP contribution in [0.2, 0.25) is 0 Å². The monoisotopic (exact) mass is 295 g/mol. The summed E-state index contributed by atoms with van der Waals surface area (Å²) in [6, 6.07) is 18.8. The van der Waals surface area contributed by atoms with Gasteiger partial charge in [0.1, 0.15) is 0 Å². The number of hydrogen-bond acceptors (Lipinski definition) is 1. The molecule has 0 unspecified atom stereocenters. The van der Waals surface area contributed by atoms with Gasteiger partial charge >= 0.3 is 0 Å². The topological polar surface area (TPSA) is 20.3 Å². The molecule has 2 aromatic carbocycles. The number of carbonyl (C=O) groups excluding carboxylic acids is 1. The Labute approximate surface area is 133 Å². The molecule has 0 aromatic heterocycles. The van der Waals surface area contributed by atoms with Gasteiger partial charge in [0.05, 0.1) is 0 Å². The summed E-state index contributed by atoms with van der Waals surface area (Å²) in [7, 11) is 0. The maximum absolute atomic E-state index is 11.2. The number of amides is 1. The van der Waals surface area contributed by atoms with Crippen molar-refractivity contribution in [2.24, 2.45) is 0 Å². The molecule has 0 aliphatic heterocycles. The van der Waals surface area contributed by atoms with Gasteiger partial charge in [0.2, 0.25) is 6.41 Å². The molecular formula is C20H25NO. The minimum Gasteiger partial charge on any atom is -0.341 e. The lowest BCUT2D eigenvalue weighted by Gasteiger charge is -2.17. The van der Waals surface area contributed by atoms with Crippen LogP contribution in [-0.4, -0.2) is 17.9 Å². The molecular weight excluding hydrogens is 270 g/mol. The average molecular weight is 295 g/mol. The Kier molecular flexibility index (Phi) is 6.69. The Bertz CT molecular complexity index is 548. The Morgan fingerprint density at radius 2 is 1.55 bits per heavy atom. The molecule has 0 aliphatic carbocycles. The lowest BCUT2D eigenvalue weighted by atomic mass is 10.0. The number of rotatable bonds is 9. The zero-order valence-electron chi connectivity index (χ0n) is 13.4. The third-order valence-corrected chi connectivity index (χ3v) is 3.89. The first-order valence-corrected chi connectivity index (χ1v) is 8.17. The van der Waals surface area contributed by atoms with E-state index in [4.69, 9.17) is 0 Å². The van der Waals surface area contributed by atoms with Gasteiger partial charge < -0.3 is 4.90 Å². The van der Waals surface area contributed by atoms with Gasteiger partial charge in [-0.2, -0.15) is 0 Å².